The molecule has 1 amide bonds. The maximum absolute atomic E-state index is 12.9. The molecule has 0 aliphatic carbocycles. The van der Waals surface area contributed by atoms with Crippen LogP contribution in [0.4, 0.5) is 0 Å². The fraction of sp³-hybridized carbons (Fsp3) is 0.450. The molecule has 142 valence electrons. The van der Waals surface area contributed by atoms with Gasteiger partial charge in [0.05, 0.1) is 12.0 Å². The molecule has 3 rings (SSSR count). The number of thiophene rings is 1. The molecule has 4 nitrogen and oxygen atoms in total. The van der Waals surface area contributed by atoms with Crippen molar-refractivity contribution in [1.29, 1.82) is 0 Å². The van der Waals surface area contributed by atoms with Crippen LogP contribution in [-0.2, 0) is 0 Å². The van der Waals surface area contributed by atoms with E-state index < -0.39 is 0 Å². The molecule has 6 heteroatoms. The summed E-state index contributed by atoms with van der Waals surface area (Å²) in [5.41, 5.74) is 2.27. The van der Waals surface area contributed by atoms with Gasteiger partial charge in [0, 0.05) is 18.0 Å². The Balaban J connectivity index is 0.00000243. The SMILES string of the molecule is CNCC1CCN(C(=O)c2cc(-c3ccc(OC)cc3)c(C)s2)CC1.Cl. The topological polar surface area (TPSA) is 41.6 Å². The second kappa shape index (κ2) is 9.40. The van der Waals surface area contributed by atoms with Crippen LogP contribution < -0.4 is 10.1 Å². The van der Waals surface area contributed by atoms with Crippen LogP contribution in [0.25, 0.3) is 11.1 Å². The van der Waals surface area contributed by atoms with Crippen molar-refractivity contribution in [3.05, 3.63) is 40.1 Å². The van der Waals surface area contributed by atoms with Gasteiger partial charge in [-0.25, -0.2) is 0 Å². The van der Waals surface area contributed by atoms with Crippen molar-refractivity contribution in [3.8, 4) is 16.9 Å². The van der Waals surface area contributed by atoms with E-state index in [2.05, 4.69) is 12.2 Å². The summed E-state index contributed by atoms with van der Waals surface area (Å²) in [5.74, 6) is 1.71. The second-order valence-corrected chi connectivity index (χ2v) is 7.86. The van der Waals surface area contributed by atoms with Crippen molar-refractivity contribution >= 4 is 29.7 Å². The Morgan fingerprint density at radius 1 is 1.27 bits per heavy atom. The van der Waals surface area contributed by atoms with Crippen LogP contribution in [0.1, 0.15) is 27.4 Å². The van der Waals surface area contributed by atoms with E-state index in [1.807, 2.05) is 42.3 Å². The maximum atomic E-state index is 12.9. The Morgan fingerprint density at radius 2 is 1.92 bits per heavy atom. The van der Waals surface area contributed by atoms with Crippen molar-refractivity contribution in [2.45, 2.75) is 19.8 Å². The Kier molecular flexibility index (Phi) is 7.50. The van der Waals surface area contributed by atoms with Gasteiger partial charge < -0.3 is 15.0 Å². The van der Waals surface area contributed by atoms with Crippen LogP contribution in [0.15, 0.2) is 30.3 Å². The zero-order valence-corrected chi connectivity index (χ0v) is 17.2. The van der Waals surface area contributed by atoms with Crippen molar-refractivity contribution in [2.24, 2.45) is 5.92 Å². The van der Waals surface area contributed by atoms with E-state index in [0.29, 0.717) is 5.92 Å². The molecule has 0 bridgehead atoms. The zero-order valence-electron chi connectivity index (χ0n) is 15.6. The highest BCUT2D eigenvalue weighted by molar-refractivity contribution is 7.14. The summed E-state index contributed by atoms with van der Waals surface area (Å²) in [6.45, 7) is 4.85. The van der Waals surface area contributed by atoms with E-state index in [0.717, 1.165) is 54.2 Å². The van der Waals surface area contributed by atoms with E-state index in [1.54, 1.807) is 18.4 Å². The maximum Gasteiger partial charge on any atom is 0.263 e. The van der Waals surface area contributed by atoms with E-state index >= 15 is 0 Å². The van der Waals surface area contributed by atoms with Gasteiger partial charge in [-0.2, -0.15) is 0 Å². The van der Waals surface area contributed by atoms with Gasteiger partial charge in [0.1, 0.15) is 5.75 Å². The number of nitrogens with zero attached hydrogens (tertiary/aromatic N) is 1. The third-order valence-corrected chi connectivity index (χ3v) is 5.96. The first-order chi connectivity index (χ1) is 12.1. The monoisotopic (exact) mass is 394 g/mol. The molecule has 26 heavy (non-hydrogen) atoms. The van der Waals surface area contributed by atoms with Crippen LogP contribution in [0.2, 0.25) is 0 Å². The molecule has 1 aliphatic rings. The number of aryl methyl sites for hydroxylation is 1. The lowest BCUT2D eigenvalue weighted by Gasteiger charge is -2.31. The van der Waals surface area contributed by atoms with E-state index in [1.165, 1.54) is 4.88 Å². The third-order valence-electron chi connectivity index (χ3n) is 4.92. The summed E-state index contributed by atoms with van der Waals surface area (Å²) in [5, 5.41) is 3.24. The number of methoxy groups -OCH3 is 1. The van der Waals surface area contributed by atoms with Crippen LogP contribution in [0, 0.1) is 12.8 Å². The average molecular weight is 395 g/mol. The Hall–Kier alpha value is -1.56. The summed E-state index contributed by atoms with van der Waals surface area (Å²) in [6.07, 6.45) is 2.17. The third kappa shape index (κ3) is 4.58. The molecular formula is C20H27ClN2O2S. The molecular weight excluding hydrogens is 368 g/mol. The molecule has 0 radical (unpaired) electrons. The number of likely N-dealkylation sites (tertiary alicyclic amines) is 1. The molecule has 2 aromatic rings. The minimum Gasteiger partial charge on any atom is -0.497 e. The molecule has 0 atom stereocenters. The fourth-order valence-electron chi connectivity index (χ4n) is 3.43. The molecule has 1 aromatic heterocycles. The highest BCUT2D eigenvalue weighted by Gasteiger charge is 2.25. The number of rotatable bonds is 5. The molecule has 1 N–H and O–H groups in total. The number of benzene rings is 1. The largest absolute Gasteiger partial charge is 0.497 e. The number of amides is 1. The lowest BCUT2D eigenvalue weighted by atomic mass is 9.96. The molecule has 0 unspecified atom stereocenters. The lowest BCUT2D eigenvalue weighted by molar-refractivity contribution is 0.0696. The molecule has 1 aromatic carbocycles. The number of piperidine rings is 1. The Morgan fingerprint density at radius 3 is 2.50 bits per heavy atom. The lowest BCUT2D eigenvalue weighted by Crippen LogP contribution is -2.40. The minimum atomic E-state index is 0. The van der Waals surface area contributed by atoms with Gasteiger partial charge in [0.2, 0.25) is 0 Å². The first-order valence-electron chi connectivity index (χ1n) is 8.81. The van der Waals surface area contributed by atoms with E-state index in [4.69, 9.17) is 4.74 Å². The smallest absolute Gasteiger partial charge is 0.263 e. The van der Waals surface area contributed by atoms with E-state index in [9.17, 15) is 4.79 Å². The number of carbonyl (C=O) groups excluding carboxylic acids is 1. The summed E-state index contributed by atoms with van der Waals surface area (Å²) in [7, 11) is 3.66. The summed E-state index contributed by atoms with van der Waals surface area (Å²) < 4.78 is 5.22. The number of halogens is 1. The quantitative estimate of drug-likeness (QED) is 0.825. The Bertz CT molecular complexity index is 722. The number of ether oxygens (including phenoxy) is 1. The van der Waals surface area contributed by atoms with Gasteiger partial charge >= 0.3 is 0 Å². The average Bonchev–Trinajstić information content (AvgIpc) is 3.04. The Labute approximate surface area is 166 Å². The molecule has 0 saturated carbocycles. The van der Waals surface area contributed by atoms with Gasteiger partial charge in [-0.3, -0.25) is 4.79 Å². The first kappa shape index (κ1) is 20.7. The summed E-state index contributed by atoms with van der Waals surface area (Å²) in [6, 6.07) is 10.1. The van der Waals surface area contributed by atoms with Gasteiger partial charge in [0.25, 0.3) is 5.91 Å². The van der Waals surface area contributed by atoms with E-state index in [-0.39, 0.29) is 18.3 Å². The number of carbonyl (C=O) groups is 1. The second-order valence-electron chi connectivity index (χ2n) is 6.60. The normalized spacial score (nSPS) is 14.8. The number of hydrogen-bond donors (Lipinski definition) is 1. The standard InChI is InChI=1S/C20H26N2O2S.ClH/c1-14-18(16-4-6-17(24-3)7-5-16)12-19(25-14)20(23)22-10-8-15(9-11-22)13-21-2;/h4-7,12,15,21H,8-11,13H2,1-3H3;1H. The molecule has 1 saturated heterocycles. The highest BCUT2D eigenvalue weighted by Crippen LogP contribution is 2.33. The van der Waals surface area contributed by atoms with Crippen LogP contribution in [0.3, 0.4) is 0 Å². The summed E-state index contributed by atoms with van der Waals surface area (Å²) >= 11 is 1.60. The zero-order chi connectivity index (χ0) is 17.8. The highest BCUT2D eigenvalue weighted by atomic mass is 35.5. The van der Waals surface area contributed by atoms with Gasteiger partial charge in [0.15, 0.2) is 0 Å². The summed E-state index contributed by atoms with van der Waals surface area (Å²) in [4.78, 5) is 16.9. The van der Waals surface area contributed by atoms with Crippen molar-refractivity contribution in [2.75, 3.05) is 33.8 Å². The minimum absolute atomic E-state index is 0. The molecule has 2 heterocycles. The molecule has 1 fully saturated rings. The van der Waals surface area contributed by atoms with Crippen LogP contribution in [0.5, 0.6) is 5.75 Å². The predicted octanol–water partition coefficient (Wildman–Crippen LogP) is 4.23. The van der Waals surface area contributed by atoms with Crippen molar-refractivity contribution < 1.29 is 9.53 Å². The predicted molar refractivity (Wildman–Crippen MR) is 111 cm³/mol. The van der Waals surface area contributed by atoms with Crippen LogP contribution in [-0.4, -0.2) is 44.6 Å². The molecule has 1 aliphatic heterocycles. The number of nitrogens with one attached hydrogen (secondary N) is 1. The molecule has 0 spiro atoms. The van der Waals surface area contributed by atoms with Crippen LogP contribution >= 0.6 is 23.7 Å². The fourth-order valence-corrected chi connectivity index (χ4v) is 4.44. The van der Waals surface area contributed by atoms with Gasteiger partial charge in [-0.1, -0.05) is 12.1 Å². The van der Waals surface area contributed by atoms with Gasteiger partial charge in [-0.15, -0.1) is 23.7 Å². The van der Waals surface area contributed by atoms with Gasteiger partial charge in [-0.05, 0) is 68.6 Å². The van der Waals surface area contributed by atoms with Crippen molar-refractivity contribution in [3.63, 3.8) is 0 Å². The van der Waals surface area contributed by atoms with Crippen molar-refractivity contribution in [1.82, 2.24) is 10.2 Å². The number of hydrogen-bond acceptors (Lipinski definition) is 4. The first-order valence-corrected chi connectivity index (χ1v) is 9.62.